The first-order valence-electron chi connectivity index (χ1n) is 14.3. The van der Waals surface area contributed by atoms with Gasteiger partial charge in [-0.3, -0.25) is 4.79 Å². The Kier molecular flexibility index (Phi) is 8.61. The van der Waals surface area contributed by atoms with Gasteiger partial charge in [0.05, 0.1) is 25.0 Å². The summed E-state index contributed by atoms with van der Waals surface area (Å²) in [6.07, 6.45) is 4.89. The third kappa shape index (κ3) is 5.88. The Hall–Kier alpha value is -4.60. The number of aromatic nitrogens is 3. The molecule has 0 saturated heterocycles. The molecule has 1 fully saturated rings. The van der Waals surface area contributed by atoms with Gasteiger partial charge in [0, 0.05) is 5.92 Å². The van der Waals surface area contributed by atoms with Crippen LogP contribution in [0.4, 0.5) is 0 Å². The maximum absolute atomic E-state index is 14.0. The molecule has 2 aliphatic rings. The van der Waals surface area contributed by atoms with E-state index in [9.17, 15) is 14.4 Å². The molecule has 1 aliphatic heterocycles. The zero-order valence-electron chi connectivity index (χ0n) is 24.4. The molecule has 2 heterocycles. The number of fused-ring (bicyclic) bond motifs is 1. The topological polar surface area (TPSA) is 116 Å². The lowest BCUT2D eigenvalue weighted by Crippen LogP contribution is -2.34. The van der Waals surface area contributed by atoms with Crippen molar-refractivity contribution in [2.24, 2.45) is 11.0 Å². The summed E-state index contributed by atoms with van der Waals surface area (Å²) in [5.41, 5.74) is 5.87. The average molecular weight is 570 g/mol. The number of aryl methyl sites for hydroxylation is 2. The van der Waals surface area contributed by atoms with E-state index < -0.39 is 11.9 Å². The number of allylic oxidation sites excluding steroid dienone is 1. The van der Waals surface area contributed by atoms with Gasteiger partial charge in [-0.15, -0.1) is 5.10 Å². The summed E-state index contributed by atoms with van der Waals surface area (Å²) < 4.78 is 11.3. The molecule has 10 heteroatoms. The number of carbonyl (C=O) groups is 3. The first-order chi connectivity index (χ1) is 20.3. The van der Waals surface area contributed by atoms with E-state index in [4.69, 9.17) is 14.6 Å². The van der Waals surface area contributed by atoms with Crippen LogP contribution in [0.25, 0.3) is 6.08 Å². The Labute approximate surface area is 245 Å². The Morgan fingerprint density at radius 2 is 1.57 bits per heavy atom. The molecule has 218 valence electrons. The number of hydrogen-bond donors (Lipinski definition) is 0. The Morgan fingerprint density at radius 3 is 2.24 bits per heavy atom. The number of carbonyl (C=O) groups excluding carboxylic acids is 3. The van der Waals surface area contributed by atoms with Crippen LogP contribution in [0.2, 0.25) is 0 Å². The van der Waals surface area contributed by atoms with Crippen molar-refractivity contribution in [1.29, 1.82) is 0 Å². The largest absolute Gasteiger partial charge is 0.461 e. The molecule has 5 rings (SSSR count). The summed E-state index contributed by atoms with van der Waals surface area (Å²) >= 11 is 0. The number of esters is 2. The molecule has 42 heavy (non-hydrogen) atoms. The summed E-state index contributed by atoms with van der Waals surface area (Å²) in [7, 11) is 0. The third-order valence-electron chi connectivity index (χ3n) is 7.55. The number of benzene rings is 2. The van der Waals surface area contributed by atoms with Crippen molar-refractivity contribution < 1.29 is 23.9 Å². The molecule has 0 radical (unpaired) electrons. The number of rotatable bonds is 8. The average Bonchev–Trinajstić information content (AvgIpc) is 3.58. The van der Waals surface area contributed by atoms with Crippen LogP contribution < -0.4 is 0 Å². The normalized spacial score (nSPS) is 18.9. The molecule has 2 aromatic carbocycles. The van der Waals surface area contributed by atoms with Crippen LogP contribution in [0.15, 0.2) is 59.2 Å². The van der Waals surface area contributed by atoms with E-state index in [2.05, 4.69) is 47.6 Å². The number of hydrazone groups is 1. The van der Waals surface area contributed by atoms with Gasteiger partial charge in [0.2, 0.25) is 5.69 Å². The van der Waals surface area contributed by atoms with E-state index in [1.807, 2.05) is 31.2 Å². The van der Waals surface area contributed by atoms with E-state index in [-0.39, 0.29) is 49.0 Å². The SMILES string of the molecule is CCOC(=O)c1nnn(CC(=O)N2N=C3/C(=C\c4ccc(C)cc4)CCC[C@@H]3[C@H]2c2ccc(C)cc2)c1C(=O)OCC. The lowest BCUT2D eigenvalue weighted by molar-refractivity contribution is -0.134. The van der Waals surface area contributed by atoms with E-state index >= 15 is 0 Å². The fourth-order valence-electron chi connectivity index (χ4n) is 5.53. The lowest BCUT2D eigenvalue weighted by atomic mass is 9.77. The zero-order chi connectivity index (χ0) is 29.8. The molecular weight excluding hydrogens is 534 g/mol. The smallest absolute Gasteiger partial charge is 0.361 e. The van der Waals surface area contributed by atoms with Crippen LogP contribution in [0.5, 0.6) is 0 Å². The van der Waals surface area contributed by atoms with Gasteiger partial charge in [-0.05, 0) is 69.7 Å². The minimum atomic E-state index is -0.810. The fraction of sp³-hybridized carbons (Fsp3) is 0.375. The Balaban J connectivity index is 1.52. The molecule has 1 amide bonds. The first kappa shape index (κ1) is 28.9. The van der Waals surface area contributed by atoms with Gasteiger partial charge in [0.1, 0.15) is 6.54 Å². The van der Waals surface area contributed by atoms with Crippen molar-refractivity contribution in [2.75, 3.05) is 13.2 Å². The highest BCUT2D eigenvalue weighted by Gasteiger charge is 2.44. The second-order valence-electron chi connectivity index (χ2n) is 10.5. The third-order valence-corrected chi connectivity index (χ3v) is 7.55. The molecular formula is C32H35N5O5. The highest BCUT2D eigenvalue weighted by atomic mass is 16.5. The van der Waals surface area contributed by atoms with E-state index in [1.165, 1.54) is 10.6 Å². The number of amides is 1. The molecule has 1 aromatic heterocycles. The van der Waals surface area contributed by atoms with Crippen molar-refractivity contribution in [3.05, 3.63) is 87.7 Å². The van der Waals surface area contributed by atoms with Crippen molar-refractivity contribution in [2.45, 2.75) is 59.5 Å². The quantitative estimate of drug-likeness (QED) is 0.348. The van der Waals surface area contributed by atoms with Crippen molar-refractivity contribution in [3.8, 4) is 0 Å². The van der Waals surface area contributed by atoms with Gasteiger partial charge < -0.3 is 9.47 Å². The van der Waals surface area contributed by atoms with Crippen molar-refractivity contribution >= 4 is 29.6 Å². The van der Waals surface area contributed by atoms with Gasteiger partial charge >= 0.3 is 11.9 Å². The van der Waals surface area contributed by atoms with E-state index in [0.717, 1.165) is 51.9 Å². The predicted octanol–water partition coefficient (Wildman–Crippen LogP) is 5.07. The molecule has 10 nitrogen and oxygen atoms in total. The maximum atomic E-state index is 14.0. The van der Waals surface area contributed by atoms with E-state index in [1.54, 1.807) is 13.8 Å². The lowest BCUT2D eigenvalue weighted by Gasteiger charge is -2.29. The van der Waals surface area contributed by atoms with Crippen LogP contribution >= 0.6 is 0 Å². The van der Waals surface area contributed by atoms with Crippen LogP contribution in [0.3, 0.4) is 0 Å². The van der Waals surface area contributed by atoms with Gasteiger partial charge in [0.15, 0.2) is 5.69 Å². The van der Waals surface area contributed by atoms with Crippen molar-refractivity contribution in [1.82, 2.24) is 20.0 Å². The standard InChI is InChI=1S/C32H35N5O5/c1-5-41-31(39)28-30(32(40)42-6-2)36(35-33-28)19-26(38)37-29(23-16-12-21(4)13-17-23)25-9-7-8-24(27(25)34-37)18-22-14-10-20(3)11-15-22/h10-18,25,29H,5-9,19H2,1-4H3/b24-18-/t25-,29+/m0/s1. The highest BCUT2D eigenvalue weighted by molar-refractivity contribution is 6.08. The summed E-state index contributed by atoms with van der Waals surface area (Å²) in [4.78, 5) is 39.3. The van der Waals surface area contributed by atoms with Gasteiger partial charge in [-0.25, -0.2) is 19.3 Å². The zero-order valence-corrected chi connectivity index (χ0v) is 24.4. The minimum absolute atomic E-state index is 0.0115. The minimum Gasteiger partial charge on any atom is -0.461 e. The monoisotopic (exact) mass is 569 g/mol. The molecule has 2 atom stereocenters. The van der Waals surface area contributed by atoms with Crippen LogP contribution in [0.1, 0.15) is 82.4 Å². The van der Waals surface area contributed by atoms with Crippen LogP contribution in [-0.2, 0) is 20.8 Å². The summed E-state index contributed by atoms with van der Waals surface area (Å²) in [6.45, 7) is 7.19. The number of ether oxygens (including phenoxy) is 2. The number of nitrogens with zero attached hydrogens (tertiary/aromatic N) is 5. The summed E-state index contributed by atoms with van der Waals surface area (Å²) in [5, 5.41) is 14.3. The predicted molar refractivity (Wildman–Crippen MR) is 157 cm³/mol. The second-order valence-corrected chi connectivity index (χ2v) is 10.5. The molecule has 0 spiro atoms. The van der Waals surface area contributed by atoms with Gasteiger partial charge in [0.25, 0.3) is 5.91 Å². The molecule has 0 N–H and O–H groups in total. The molecule has 1 saturated carbocycles. The second kappa shape index (κ2) is 12.5. The molecule has 0 bridgehead atoms. The summed E-state index contributed by atoms with van der Waals surface area (Å²) in [5.74, 6) is -1.99. The van der Waals surface area contributed by atoms with Gasteiger partial charge in [-0.1, -0.05) is 64.9 Å². The molecule has 3 aromatic rings. The highest BCUT2D eigenvalue weighted by Crippen LogP contribution is 2.44. The van der Waals surface area contributed by atoms with Gasteiger partial charge in [-0.2, -0.15) is 5.10 Å². The van der Waals surface area contributed by atoms with E-state index in [0.29, 0.717) is 0 Å². The Bertz CT molecular complexity index is 1540. The maximum Gasteiger partial charge on any atom is 0.361 e. The first-order valence-corrected chi connectivity index (χ1v) is 14.3. The molecule has 0 unspecified atom stereocenters. The molecule has 1 aliphatic carbocycles. The number of hydrogen-bond acceptors (Lipinski definition) is 8. The Morgan fingerprint density at radius 1 is 0.929 bits per heavy atom. The van der Waals surface area contributed by atoms with Crippen molar-refractivity contribution in [3.63, 3.8) is 0 Å². The van der Waals surface area contributed by atoms with Crippen LogP contribution in [0, 0.1) is 19.8 Å². The summed E-state index contributed by atoms with van der Waals surface area (Å²) in [6, 6.07) is 16.1. The van der Waals surface area contributed by atoms with Crippen LogP contribution in [-0.4, -0.2) is 56.8 Å². The fourth-order valence-corrected chi connectivity index (χ4v) is 5.53.